The first kappa shape index (κ1) is 25.8. The number of rotatable bonds is 7. The molecule has 0 unspecified atom stereocenters. The van der Waals surface area contributed by atoms with Crippen LogP contribution in [-0.4, -0.2) is 53.5 Å². The van der Waals surface area contributed by atoms with Gasteiger partial charge in [0.15, 0.2) is 17.5 Å². The van der Waals surface area contributed by atoms with Crippen LogP contribution in [0.15, 0.2) is 41.7 Å². The highest BCUT2D eigenvalue weighted by atomic mass is 127. The van der Waals surface area contributed by atoms with Gasteiger partial charge in [-0.15, -0.1) is 24.0 Å². The monoisotopic (exact) mass is 556 g/mol. The highest BCUT2D eigenvalue weighted by molar-refractivity contribution is 14.0. The van der Waals surface area contributed by atoms with Gasteiger partial charge in [0.1, 0.15) is 6.54 Å². The third-order valence-electron chi connectivity index (χ3n) is 4.32. The van der Waals surface area contributed by atoms with Crippen molar-refractivity contribution in [2.24, 2.45) is 4.99 Å². The highest BCUT2D eigenvalue weighted by Crippen LogP contribution is 2.32. The van der Waals surface area contributed by atoms with Crippen LogP contribution in [0.4, 0.5) is 5.69 Å². The molecule has 3 rings (SSSR count). The summed E-state index contributed by atoms with van der Waals surface area (Å²) >= 11 is 0. The largest absolute Gasteiger partial charge is 0.490 e. The van der Waals surface area contributed by atoms with E-state index < -0.39 is 0 Å². The smallest absolute Gasteiger partial charge is 0.242 e. The molecule has 0 saturated carbocycles. The number of hydrogen-bond donors (Lipinski definition) is 3. The van der Waals surface area contributed by atoms with Gasteiger partial charge in [0.05, 0.1) is 13.2 Å². The molecule has 0 fully saturated rings. The van der Waals surface area contributed by atoms with Gasteiger partial charge in [0.25, 0.3) is 0 Å². The van der Waals surface area contributed by atoms with E-state index in [0.29, 0.717) is 31.5 Å². The first-order valence-corrected chi connectivity index (χ1v) is 10.6. The summed E-state index contributed by atoms with van der Waals surface area (Å²) in [6.45, 7) is 8.59. The Balaban J connectivity index is 0.00000363. The quantitative estimate of drug-likeness (QED) is 0.210. The van der Waals surface area contributed by atoms with Crippen LogP contribution in [0.25, 0.3) is 0 Å². The van der Waals surface area contributed by atoms with E-state index in [9.17, 15) is 4.79 Å². The molecule has 0 bridgehead atoms. The number of amides is 1. The van der Waals surface area contributed by atoms with Gasteiger partial charge >= 0.3 is 0 Å². The molecular weight excluding hydrogens is 523 g/mol. The Morgan fingerprint density at radius 3 is 2.72 bits per heavy atom. The summed E-state index contributed by atoms with van der Waals surface area (Å²) in [5, 5.41) is 13.7. The fraction of sp³-hybridized carbons (Fsp3) is 0.500. The standard InChI is InChI=1S/C22H32N6O3.HI/c1-22(2,3)27-20(29)16-24-21(23-9-4-11-28-12-5-10-25-28)26-17-7-8-18-19(15-17)31-14-6-13-30-18;/h5,7-8,10,12,15H,4,6,9,11,13-14,16H2,1-3H3,(H,27,29)(H2,23,24,26);1H. The number of aliphatic imine (C=N–C) groups is 1. The summed E-state index contributed by atoms with van der Waals surface area (Å²) in [6.07, 6.45) is 5.41. The fourth-order valence-corrected chi connectivity index (χ4v) is 3.01. The summed E-state index contributed by atoms with van der Waals surface area (Å²) in [7, 11) is 0. The number of hydrogen-bond acceptors (Lipinski definition) is 5. The number of nitrogens with one attached hydrogen (secondary N) is 3. The Kier molecular flexibility index (Phi) is 10.1. The minimum absolute atomic E-state index is 0. The molecule has 3 N–H and O–H groups in total. The molecule has 1 aromatic heterocycles. The van der Waals surface area contributed by atoms with E-state index in [1.165, 1.54) is 0 Å². The summed E-state index contributed by atoms with van der Waals surface area (Å²) in [6, 6.07) is 7.57. The van der Waals surface area contributed by atoms with Crippen molar-refractivity contribution in [3.8, 4) is 11.5 Å². The van der Waals surface area contributed by atoms with E-state index in [1.54, 1.807) is 6.20 Å². The summed E-state index contributed by atoms with van der Waals surface area (Å²) in [4.78, 5) is 16.7. The third-order valence-corrected chi connectivity index (χ3v) is 4.32. The van der Waals surface area contributed by atoms with Crippen LogP contribution < -0.4 is 25.4 Å². The van der Waals surface area contributed by atoms with Crippen LogP contribution in [0, 0.1) is 0 Å². The van der Waals surface area contributed by atoms with Crippen LogP contribution in [0.5, 0.6) is 11.5 Å². The third kappa shape index (κ3) is 8.93. The van der Waals surface area contributed by atoms with Crippen molar-refractivity contribution < 1.29 is 14.3 Å². The minimum Gasteiger partial charge on any atom is -0.490 e. The predicted molar refractivity (Wildman–Crippen MR) is 136 cm³/mol. The summed E-state index contributed by atoms with van der Waals surface area (Å²) < 4.78 is 13.3. The van der Waals surface area contributed by atoms with Crippen LogP contribution in [0.1, 0.15) is 33.6 Å². The lowest BCUT2D eigenvalue weighted by atomic mass is 10.1. The maximum absolute atomic E-state index is 12.2. The Morgan fingerprint density at radius 1 is 1.22 bits per heavy atom. The van der Waals surface area contributed by atoms with Crippen LogP contribution in [0.2, 0.25) is 0 Å². The van der Waals surface area contributed by atoms with Crippen LogP contribution >= 0.6 is 24.0 Å². The number of halogens is 1. The maximum Gasteiger partial charge on any atom is 0.242 e. The SMILES string of the molecule is CC(C)(C)NC(=O)CN=C(NCCCn1cccn1)Nc1ccc2c(c1)OCCCO2.I. The van der Waals surface area contributed by atoms with E-state index >= 15 is 0 Å². The lowest BCUT2D eigenvalue weighted by molar-refractivity contribution is -0.121. The zero-order valence-corrected chi connectivity index (χ0v) is 21.2. The molecule has 2 aromatic rings. The van der Waals surface area contributed by atoms with Gasteiger partial charge in [-0.1, -0.05) is 0 Å². The molecule has 1 aliphatic heterocycles. The molecule has 0 aliphatic carbocycles. The number of fused-ring (bicyclic) bond motifs is 1. The minimum atomic E-state index is -0.300. The molecule has 0 saturated heterocycles. The molecule has 176 valence electrons. The normalized spacial score (nSPS) is 13.5. The van der Waals surface area contributed by atoms with E-state index in [4.69, 9.17) is 9.47 Å². The summed E-state index contributed by atoms with van der Waals surface area (Å²) in [5.41, 5.74) is 0.505. The van der Waals surface area contributed by atoms with Crippen molar-refractivity contribution in [1.29, 1.82) is 0 Å². The first-order valence-electron chi connectivity index (χ1n) is 10.6. The van der Waals surface area contributed by atoms with Crippen molar-refractivity contribution in [3.05, 3.63) is 36.7 Å². The second-order valence-corrected chi connectivity index (χ2v) is 8.35. The van der Waals surface area contributed by atoms with E-state index in [0.717, 1.165) is 30.8 Å². The Labute approximate surface area is 206 Å². The average molecular weight is 556 g/mol. The van der Waals surface area contributed by atoms with Crippen LogP contribution in [0.3, 0.4) is 0 Å². The molecular formula is C22H33IN6O3. The number of benzene rings is 1. The predicted octanol–water partition coefficient (Wildman–Crippen LogP) is 3.02. The van der Waals surface area contributed by atoms with Crippen molar-refractivity contribution in [1.82, 2.24) is 20.4 Å². The molecule has 0 spiro atoms. The Hall–Kier alpha value is -2.50. The molecule has 1 aromatic carbocycles. The number of guanidine groups is 1. The zero-order chi connectivity index (χ0) is 22.1. The number of ether oxygens (including phenoxy) is 2. The number of anilines is 1. The van der Waals surface area contributed by atoms with Gasteiger partial charge in [-0.2, -0.15) is 5.10 Å². The zero-order valence-electron chi connectivity index (χ0n) is 18.9. The molecule has 10 heteroatoms. The highest BCUT2D eigenvalue weighted by Gasteiger charge is 2.14. The van der Waals surface area contributed by atoms with Crippen molar-refractivity contribution in [2.45, 2.75) is 45.7 Å². The average Bonchev–Trinajstić information content (AvgIpc) is 3.11. The van der Waals surface area contributed by atoms with Gasteiger partial charge in [-0.3, -0.25) is 9.48 Å². The second kappa shape index (κ2) is 12.5. The van der Waals surface area contributed by atoms with E-state index in [2.05, 4.69) is 26.0 Å². The van der Waals surface area contributed by atoms with Gasteiger partial charge in [0.2, 0.25) is 5.91 Å². The lowest BCUT2D eigenvalue weighted by Gasteiger charge is -2.20. The molecule has 0 radical (unpaired) electrons. The number of aryl methyl sites for hydroxylation is 1. The topological polar surface area (TPSA) is 102 Å². The lowest BCUT2D eigenvalue weighted by Crippen LogP contribution is -2.42. The molecule has 32 heavy (non-hydrogen) atoms. The molecule has 1 aliphatic rings. The number of carbonyl (C=O) groups excluding carboxylic acids is 1. The number of aromatic nitrogens is 2. The second-order valence-electron chi connectivity index (χ2n) is 8.35. The Bertz CT molecular complexity index is 880. The maximum atomic E-state index is 12.2. The van der Waals surface area contributed by atoms with E-state index in [-0.39, 0.29) is 42.0 Å². The first-order chi connectivity index (χ1) is 14.9. The van der Waals surface area contributed by atoms with Crippen molar-refractivity contribution in [2.75, 3.05) is 31.6 Å². The van der Waals surface area contributed by atoms with Crippen LogP contribution in [-0.2, 0) is 11.3 Å². The fourth-order valence-electron chi connectivity index (χ4n) is 3.01. The summed E-state index contributed by atoms with van der Waals surface area (Å²) in [5.74, 6) is 1.83. The Morgan fingerprint density at radius 2 is 2.00 bits per heavy atom. The molecule has 0 atom stereocenters. The van der Waals surface area contributed by atoms with Crippen molar-refractivity contribution in [3.63, 3.8) is 0 Å². The molecule has 9 nitrogen and oxygen atoms in total. The van der Waals surface area contributed by atoms with Gasteiger partial charge in [0, 0.05) is 49.2 Å². The van der Waals surface area contributed by atoms with E-state index in [1.807, 2.05) is 55.9 Å². The number of carbonyl (C=O) groups is 1. The molecule has 1 amide bonds. The van der Waals surface area contributed by atoms with Crippen molar-refractivity contribution >= 4 is 41.5 Å². The van der Waals surface area contributed by atoms with Gasteiger partial charge in [-0.25, -0.2) is 4.99 Å². The molecule has 2 heterocycles. The number of nitrogens with zero attached hydrogens (tertiary/aromatic N) is 3. The van der Waals surface area contributed by atoms with Gasteiger partial charge in [-0.05, 0) is 45.4 Å². The van der Waals surface area contributed by atoms with Gasteiger partial charge < -0.3 is 25.4 Å².